The van der Waals surface area contributed by atoms with E-state index in [0.717, 1.165) is 33.8 Å². The Bertz CT molecular complexity index is 1070. The van der Waals surface area contributed by atoms with E-state index in [1.807, 2.05) is 39.0 Å². The standard InChI is InChI=1S/C23H22F3NO3S/c1-13-12-19(10-6-16(13)7-11-20(28)29)30-15(3)21-14(2)27-22(31-21)17-4-8-18(9-5-17)23(24,25)26/h4-6,8-10,12,15H,7,11H2,1-3H3,(H,28,29)/t15-/m1/s1. The molecule has 0 aliphatic rings. The van der Waals surface area contributed by atoms with Crippen molar-refractivity contribution in [1.82, 2.24) is 4.98 Å². The van der Waals surface area contributed by atoms with E-state index in [1.165, 1.54) is 23.5 Å². The molecule has 0 fully saturated rings. The lowest BCUT2D eigenvalue weighted by Gasteiger charge is -2.15. The summed E-state index contributed by atoms with van der Waals surface area (Å²) in [6.45, 7) is 5.65. The number of ether oxygens (including phenoxy) is 1. The maximum atomic E-state index is 12.8. The van der Waals surface area contributed by atoms with Gasteiger partial charge in [0.05, 0.1) is 16.1 Å². The van der Waals surface area contributed by atoms with Gasteiger partial charge in [0, 0.05) is 12.0 Å². The van der Waals surface area contributed by atoms with Crippen molar-refractivity contribution >= 4 is 17.3 Å². The Labute approximate surface area is 182 Å². The number of rotatable bonds is 7. The quantitative estimate of drug-likeness (QED) is 0.441. The van der Waals surface area contributed by atoms with Crippen LogP contribution in [0.25, 0.3) is 10.6 Å². The van der Waals surface area contributed by atoms with Crippen LogP contribution in [-0.4, -0.2) is 16.1 Å². The van der Waals surface area contributed by atoms with Crippen molar-refractivity contribution in [2.75, 3.05) is 0 Å². The van der Waals surface area contributed by atoms with Crippen LogP contribution >= 0.6 is 11.3 Å². The van der Waals surface area contributed by atoms with E-state index in [2.05, 4.69) is 4.98 Å². The molecular weight excluding hydrogens is 427 g/mol. The van der Waals surface area contributed by atoms with Crippen LogP contribution in [-0.2, 0) is 17.4 Å². The number of thiazole rings is 1. The van der Waals surface area contributed by atoms with Crippen LogP contribution in [0.5, 0.6) is 5.75 Å². The predicted octanol–water partition coefficient (Wildman–Crippen LogP) is 6.60. The van der Waals surface area contributed by atoms with Crippen LogP contribution in [0.15, 0.2) is 42.5 Å². The van der Waals surface area contributed by atoms with Crippen molar-refractivity contribution in [3.05, 3.63) is 69.7 Å². The zero-order chi connectivity index (χ0) is 22.8. The molecule has 2 aromatic carbocycles. The Morgan fingerprint density at radius 2 is 1.84 bits per heavy atom. The molecule has 1 atom stereocenters. The molecule has 3 aromatic rings. The summed E-state index contributed by atoms with van der Waals surface area (Å²) in [6, 6.07) is 10.5. The number of aromatic nitrogens is 1. The van der Waals surface area contributed by atoms with Gasteiger partial charge in [-0.1, -0.05) is 18.2 Å². The first-order chi connectivity index (χ1) is 14.5. The zero-order valence-corrected chi connectivity index (χ0v) is 18.1. The highest BCUT2D eigenvalue weighted by Gasteiger charge is 2.30. The van der Waals surface area contributed by atoms with Crippen LogP contribution in [0.4, 0.5) is 13.2 Å². The van der Waals surface area contributed by atoms with Gasteiger partial charge < -0.3 is 9.84 Å². The van der Waals surface area contributed by atoms with Gasteiger partial charge in [0.25, 0.3) is 0 Å². The molecule has 0 saturated heterocycles. The predicted molar refractivity (Wildman–Crippen MR) is 113 cm³/mol. The van der Waals surface area contributed by atoms with Gasteiger partial charge in [-0.25, -0.2) is 4.98 Å². The maximum absolute atomic E-state index is 12.8. The fourth-order valence-electron chi connectivity index (χ4n) is 3.23. The van der Waals surface area contributed by atoms with Gasteiger partial charge in [-0.15, -0.1) is 11.3 Å². The minimum Gasteiger partial charge on any atom is -0.485 e. The third-order valence-corrected chi connectivity index (χ3v) is 6.26. The van der Waals surface area contributed by atoms with E-state index in [1.54, 1.807) is 0 Å². The largest absolute Gasteiger partial charge is 0.485 e. The average molecular weight is 449 g/mol. The summed E-state index contributed by atoms with van der Waals surface area (Å²) >= 11 is 1.39. The molecule has 8 heteroatoms. The molecule has 0 unspecified atom stereocenters. The first-order valence-electron chi connectivity index (χ1n) is 9.67. The topological polar surface area (TPSA) is 59.4 Å². The SMILES string of the molecule is Cc1cc(O[C@H](C)c2sc(-c3ccc(C(F)(F)F)cc3)nc2C)ccc1CCC(=O)O. The molecule has 1 heterocycles. The summed E-state index contributed by atoms with van der Waals surface area (Å²) in [5.74, 6) is -0.175. The smallest absolute Gasteiger partial charge is 0.416 e. The summed E-state index contributed by atoms with van der Waals surface area (Å²) in [7, 11) is 0. The summed E-state index contributed by atoms with van der Waals surface area (Å²) in [5.41, 5.74) is 2.61. The summed E-state index contributed by atoms with van der Waals surface area (Å²) < 4.78 is 44.4. The van der Waals surface area contributed by atoms with Gasteiger partial charge >= 0.3 is 12.1 Å². The first kappa shape index (κ1) is 22.8. The summed E-state index contributed by atoms with van der Waals surface area (Å²) in [5, 5.41) is 9.48. The van der Waals surface area contributed by atoms with Crippen LogP contribution in [0.2, 0.25) is 0 Å². The van der Waals surface area contributed by atoms with Crippen molar-refractivity contribution in [2.45, 2.75) is 45.9 Å². The third-order valence-electron chi connectivity index (χ3n) is 4.90. The monoisotopic (exact) mass is 449 g/mol. The van der Waals surface area contributed by atoms with E-state index in [0.29, 0.717) is 22.7 Å². The average Bonchev–Trinajstić information content (AvgIpc) is 3.08. The molecule has 0 bridgehead atoms. The number of benzene rings is 2. The molecule has 0 aliphatic carbocycles. The van der Waals surface area contributed by atoms with Gasteiger partial charge in [-0.3, -0.25) is 4.79 Å². The molecule has 1 N–H and O–H groups in total. The molecule has 0 amide bonds. The highest BCUT2D eigenvalue weighted by Crippen LogP contribution is 2.36. The number of carboxylic acid groups (broad SMARTS) is 1. The minimum absolute atomic E-state index is 0.0736. The number of carbonyl (C=O) groups is 1. The second-order valence-electron chi connectivity index (χ2n) is 7.29. The second kappa shape index (κ2) is 9.09. The normalized spacial score (nSPS) is 12.6. The fourth-order valence-corrected chi connectivity index (χ4v) is 4.28. The molecular formula is C23H22F3NO3S. The summed E-state index contributed by atoms with van der Waals surface area (Å²) in [4.78, 5) is 16.2. The Hall–Kier alpha value is -2.87. The Morgan fingerprint density at radius 1 is 1.16 bits per heavy atom. The molecule has 1 aromatic heterocycles. The van der Waals surface area contributed by atoms with Crippen LogP contribution in [0.1, 0.15) is 46.7 Å². The Morgan fingerprint density at radius 3 is 2.42 bits per heavy atom. The van der Waals surface area contributed by atoms with Crippen LogP contribution in [0.3, 0.4) is 0 Å². The molecule has 0 spiro atoms. The minimum atomic E-state index is -4.37. The van der Waals surface area contributed by atoms with Gasteiger partial charge in [0.2, 0.25) is 0 Å². The van der Waals surface area contributed by atoms with Gasteiger partial charge in [-0.2, -0.15) is 13.2 Å². The zero-order valence-electron chi connectivity index (χ0n) is 17.3. The molecule has 0 saturated carbocycles. The first-order valence-corrected chi connectivity index (χ1v) is 10.5. The third kappa shape index (κ3) is 5.64. The van der Waals surface area contributed by atoms with Gasteiger partial charge in [0.15, 0.2) is 0 Å². The van der Waals surface area contributed by atoms with Crippen molar-refractivity contribution in [2.24, 2.45) is 0 Å². The van der Waals surface area contributed by atoms with E-state index in [-0.39, 0.29) is 12.5 Å². The number of aliphatic carboxylic acids is 1. The lowest BCUT2D eigenvalue weighted by Crippen LogP contribution is -2.04. The van der Waals surface area contributed by atoms with Crippen molar-refractivity contribution in [3.8, 4) is 16.3 Å². The fraction of sp³-hybridized carbons (Fsp3) is 0.304. The summed E-state index contributed by atoms with van der Waals surface area (Å²) in [6.07, 6.45) is -4.14. The number of halogens is 3. The molecule has 0 radical (unpaired) electrons. The number of nitrogens with zero attached hydrogens (tertiary/aromatic N) is 1. The van der Waals surface area contributed by atoms with Crippen molar-refractivity contribution < 1.29 is 27.8 Å². The highest BCUT2D eigenvalue weighted by atomic mass is 32.1. The van der Waals surface area contributed by atoms with Crippen LogP contribution < -0.4 is 4.74 Å². The Balaban J connectivity index is 1.74. The maximum Gasteiger partial charge on any atom is 0.416 e. The number of aryl methyl sites for hydroxylation is 3. The second-order valence-corrected chi connectivity index (χ2v) is 8.32. The molecule has 164 valence electrons. The van der Waals surface area contributed by atoms with Gasteiger partial charge in [-0.05, 0) is 62.6 Å². The molecule has 31 heavy (non-hydrogen) atoms. The van der Waals surface area contributed by atoms with Gasteiger partial charge in [0.1, 0.15) is 16.9 Å². The lowest BCUT2D eigenvalue weighted by atomic mass is 10.0. The van der Waals surface area contributed by atoms with E-state index in [4.69, 9.17) is 9.84 Å². The number of hydrogen-bond donors (Lipinski definition) is 1. The molecule has 0 aliphatic heterocycles. The lowest BCUT2D eigenvalue weighted by molar-refractivity contribution is -0.138. The van der Waals surface area contributed by atoms with E-state index >= 15 is 0 Å². The number of alkyl halides is 3. The number of hydrogen-bond acceptors (Lipinski definition) is 4. The highest BCUT2D eigenvalue weighted by molar-refractivity contribution is 7.15. The van der Waals surface area contributed by atoms with Crippen molar-refractivity contribution in [1.29, 1.82) is 0 Å². The van der Waals surface area contributed by atoms with Crippen LogP contribution in [0, 0.1) is 13.8 Å². The molecule has 4 nitrogen and oxygen atoms in total. The van der Waals surface area contributed by atoms with Crippen molar-refractivity contribution in [3.63, 3.8) is 0 Å². The van der Waals surface area contributed by atoms with E-state index in [9.17, 15) is 18.0 Å². The number of carboxylic acids is 1. The molecule has 3 rings (SSSR count). The van der Waals surface area contributed by atoms with E-state index < -0.39 is 17.7 Å². The Kier molecular flexibility index (Phi) is 6.69.